The molecule has 2 rings (SSSR count). The number of anilines is 2. The van der Waals surface area contributed by atoms with Crippen molar-refractivity contribution < 1.29 is 8.42 Å². The Kier molecular flexibility index (Phi) is 5.34. The van der Waals surface area contributed by atoms with Crippen LogP contribution < -0.4 is 10.5 Å². The van der Waals surface area contributed by atoms with Gasteiger partial charge in [0.05, 0.1) is 11.4 Å². The molecule has 0 unspecified atom stereocenters. The van der Waals surface area contributed by atoms with E-state index in [2.05, 4.69) is 52.5 Å². The van der Waals surface area contributed by atoms with E-state index in [-0.39, 0.29) is 5.75 Å². The Hall–Kier alpha value is -0.570. The number of benzene rings is 2. The Labute approximate surface area is 148 Å². The Balaban J connectivity index is 2.26. The predicted octanol–water partition coefficient (Wildman–Crippen LogP) is 4.50. The molecule has 0 atom stereocenters. The molecule has 0 saturated heterocycles. The molecule has 0 radical (unpaired) electrons. The summed E-state index contributed by atoms with van der Waals surface area (Å²) in [6.07, 6.45) is 0. The first-order chi connectivity index (χ1) is 9.77. The topological polar surface area (TPSA) is 72.2 Å². The van der Waals surface area contributed by atoms with Crippen LogP contribution in [-0.2, 0) is 15.8 Å². The third-order valence-corrected chi connectivity index (χ3v) is 5.51. The van der Waals surface area contributed by atoms with E-state index < -0.39 is 10.0 Å². The van der Waals surface area contributed by atoms with Crippen molar-refractivity contribution in [1.29, 1.82) is 0 Å². The monoisotopic (exact) mass is 496 g/mol. The Morgan fingerprint density at radius 1 is 1.05 bits per heavy atom. The molecule has 0 fully saturated rings. The summed E-state index contributed by atoms with van der Waals surface area (Å²) in [4.78, 5) is 0. The molecule has 21 heavy (non-hydrogen) atoms. The van der Waals surface area contributed by atoms with Crippen LogP contribution in [0.5, 0.6) is 0 Å². The highest BCUT2D eigenvalue weighted by Crippen LogP contribution is 2.35. The van der Waals surface area contributed by atoms with Gasteiger partial charge in [-0.25, -0.2) is 8.42 Å². The molecule has 3 N–H and O–H groups in total. The molecule has 0 aliphatic rings. The summed E-state index contributed by atoms with van der Waals surface area (Å²) < 4.78 is 29.2. The van der Waals surface area contributed by atoms with E-state index in [4.69, 9.17) is 5.73 Å². The minimum Gasteiger partial charge on any atom is -0.399 e. The van der Waals surface area contributed by atoms with Crippen LogP contribution >= 0.6 is 47.8 Å². The van der Waals surface area contributed by atoms with E-state index in [1.165, 1.54) is 0 Å². The van der Waals surface area contributed by atoms with Crippen LogP contribution in [0.4, 0.5) is 11.4 Å². The maximum absolute atomic E-state index is 12.3. The maximum atomic E-state index is 12.3. The Morgan fingerprint density at radius 2 is 1.67 bits per heavy atom. The lowest BCUT2D eigenvalue weighted by molar-refractivity contribution is 0.600. The third kappa shape index (κ3) is 4.70. The number of hydrogen-bond acceptors (Lipinski definition) is 3. The first-order valence-electron chi connectivity index (χ1n) is 5.76. The van der Waals surface area contributed by atoms with Crippen LogP contribution in [0.3, 0.4) is 0 Å². The van der Waals surface area contributed by atoms with Crippen LogP contribution in [0.25, 0.3) is 0 Å². The van der Waals surface area contributed by atoms with Crippen molar-refractivity contribution in [2.75, 3.05) is 10.5 Å². The molecule has 0 aromatic heterocycles. The van der Waals surface area contributed by atoms with E-state index in [0.717, 1.165) is 4.47 Å². The average molecular weight is 499 g/mol. The molecule has 0 heterocycles. The number of sulfonamides is 1. The average Bonchev–Trinajstić information content (AvgIpc) is 2.33. The fourth-order valence-corrected chi connectivity index (χ4v) is 5.67. The van der Waals surface area contributed by atoms with Crippen LogP contribution in [0, 0.1) is 0 Å². The largest absolute Gasteiger partial charge is 0.399 e. The molecule has 4 nitrogen and oxygen atoms in total. The molecule has 8 heteroatoms. The standard InChI is InChI=1S/C13H11Br3N2O2S/c14-9-5-11(15)13(12(16)6-9)18-21(19,20)7-8-2-1-3-10(17)4-8/h1-6,18H,7,17H2. The van der Waals surface area contributed by atoms with Gasteiger partial charge in [-0.05, 0) is 61.7 Å². The van der Waals surface area contributed by atoms with Gasteiger partial charge in [0.1, 0.15) is 0 Å². The van der Waals surface area contributed by atoms with Gasteiger partial charge in [0.2, 0.25) is 10.0 Å². The summed E-state index contributed by atoms with van der Waals surface area (Å²) in [6, 6.07) is 10.3. The fraction of sp³-hybridized carbons (Fsp3) is 0.0769. The van der Waals surface area contributed by atoms with Gasteiger partial charge >= 0.3 is 0 Å². The highest BCUT2D eigenvalue weighted by Gasteiger charge is 2.16. The number of halogens is 3. The van der Waals surface area contributed by atoms with Crippen molar-refractivity contribution in [3.05, 3.63) is 55.4 Å². The number of nitrogens with one attached hydrogen (secondary N) is 1. The van der Waals surface area contributed by atoms with E-state index >= 15 is 0 Å². The van der Waals surface area contributed by atoms with Gasteiger partial charge < -0.3 is 5.73 Å². The third-order valence-electron chi connectivity index (χ3n) is 2.57. The first kappa shape index (κ1) is 16.8. The number of nitrogens with two attached hydrogens (primary N) is 1. The first-order valence-corrected chi connectivity index (χ1v) is 9.79. The van der Waals surface area contributed by atoms with E-state index in [1.54, 1.807) is 36.4 Å². The summed E-state index contributed by atoms with van der Waals surface area (Å²) >= 11 is 10.0. The molecule has 0 saturated carbocycles. The molecular formula is C13H11Br3N2O2S. The van der Waals surface area contributed by atoms with E-state index in [9.17, 15) is 8.42 Å². The zero-order valence-electron chi connectivity index (χ0n) is 10.6. The van der Waals surface area contributed by atoms with Gasteiger partial charge in [0.15, 0.2) is 0 Å². The van der Waals surface area contributed by atoms with Gasteiger partial charge in [0, 0.05) is 19.1 Å². The second kappa shape index (κ2) is 6.68. The van der Waals surface area contributed by atoms with E-state index in [1.807, 2.05) is 0 Å². The van der Waals surface area contributed by atoms with Gasteiger partial charge in [0.25, 0.3) is 0 Å². The summed E-state index contributed by atoms with van der Waals surface area (Å²) in [6.45, 7) is 0. The van der Waals surface area contributed by atoms with E-state index in [0.29, 0.717) is 25.9 Å². The van der Waals surface area contributed by atoms with Crippen molar-refractivity contribution in [1.82, 2.24) is 0 Å². The van der Waals surface area contributed by atoms with Crippen molar-refractivity contribution in [2.24, 2.45) is 0 Å². The molecule has 0 aliphatic carbocycles. The van der Waals surface area contributed by atoms with Crippen LogP contribution in [-0.4, -0.2) is 8.42 Å². The maximum Gasteiger partial charge on any atom is 0.236 e. The van der Waals surface area contributed by atoms with Crippen molar-refractivity contribution >= 4 is 69.2 Å². The lowest BCUT2D eigenvalue weighted by Gasteiger charge is -2.12. The van der Waals surface area contributed by atoms with Crippen LogP contribution in [0.15, 0.2) is 49.8 Å². The lowest BCUT2D eigenvalue weighted by Crippen LogP contribution is -2.16. The quantitative estimate of drug-likeness (QED) is 0.610. The molecule has 2 aromatic carbocycles. The minimum absolute atomic E-state index is 0.146. The number of rotatable bonds is 4. The van der Waals surface area contributed by atoms with Gasteiger partial charge in [-0.3, -0.25) is 4.72 Å². The molecule has 0 bridgehead atoms. The second-order valence-electron chi connectivity index (χ2n) is 4.35. The molecule has 0 spiro atoms. The second-order valence-corrected chi connectivity index (χ2v) is 8.70. The highest BCUT2D eigenvalue weighted by molar-refractivity contribution is 9.11. The normalized spacial score (nSPS) is 11.4. The smallest absolute Gasteiger partial charge is 0.236 e. The summed E-state index contributed by atoms with van der Waals surface area (Å²) in [7, 11) is -3.54. The highest BCUT2D eigenvalue weighted by atomic mass is 79.9. The van der Waals surface area contributed by atoms with Gasteiger partial charge in [-0.15, -0.1) is 0 Å². The van der Waals surface area contributed by atoms with Crippen molar-refractivity contribution in [3.8, 4) is 0 Å². The summed E-state index contributed by atoms with van der Waals surface area (Å²) in [5, 5.41) is 0. The number of nitrogen functional groups attached to an aromatic ring is 1. The number of hydrogen-bond donors (Lipinski definition) is 2. The zero-order valence-corrected chi connectivity index (χ0v) is 16.2. The van der Waals surface area contributed by atoms with Gasteiger partial charge in [-0.2, -0.15) is 0 Å². The summed E-state index contributed by atoms with van der Waals surface area (Å²) in [5.41, 5.74) is 7.29. The van der Waals surface area contributed by atoms with Crippen LogP contribution in [0.2, 0.25) is 0 Å². The minimum atomic E-state index is -3.54. The SMILES string of the molecule is Nc1cccc(CS(=O)(=O)Nc2c(Br)cc(Br)cc2Br)c1. The molecular weight excluding hydrogens is 488 g/mol. The summed E-state index contributed by atoms with van der Waals surface area (Å²) in [5.74, 6) is -0.146. The lowest BCUT2D eigenvalue weighted by atomic mass is 10.2. The van der Waals surface area contributed by atoms with Crippen LogP contribution in [0.1, 0.15) is 5.56 Å². The molecule has 2 aromatic rings. The Morgan fingerprint density at radius 3 is 2.24 bits per heavy atom. The molecule has 0 amide bonds. The zero-order chi connectivity index (χ0) is 15.6. The van der Waals surface area contributed by atoms with Crippen molar-refractivity contribution in [3.63, 3.8) is 0 Å². The fourth-order valence-electron chi connectivity index (χ4n) is 1.73. The molecule has 0 aliphatic heterocycles. The predicted molar refractivity (Wildman–Crippen MR) is 96.6 cm³/mol. The van der Waals surface area contributed by atoms with Crippen molar-refractivity contribution in [2.45, 2.75) is 5.75 Å². The Bertz CT molecular complexity index is 756. The van der Waals surface area contributed by atoms with Gasteiger partial charge in [-0.1, -0.05) is 28.1 Å². The molecule has 112 valence electrons.